The maximum Gasteiger partial charge on any atom is 0.321 e. The molecule has 2 N–H and O–H groups in total. The zero-order chi connectivity index (χ0) is 23.0. The van der Waals surface area contributed by atoms with E-state index in [0.717, 1.165) is 53.9 Å². The number of hydrogen-bond acceptors (Lipinski definition) is 6. The lowest BCUT2D eigenvalue weighted by Crippen LogP contribution is -2.52. The highest BCUT2D eigenvalue weighted by Gasteiger charge is 2.50. The second kappa shape index (κ2) is 8.83. The van der Waals surface area contributed by atoms with Crippen LogP contribution in [0.4, 0.5) is 9.93 Å². The molecule has 0 bridgehead atoms. The topological polar surface area (TPSA) is 75.7 Å². The average molecular weight is 467 g/mol. The van der Waals surface area contributed by atoms with Crippen LogP contribution in [-0.2, 0) is 5.41 Å². The predicted molar refractivity (Wildman–Crippen MR) is 132 cm³/mol. The van der Waals surface area contributed by atoms with Gasteiger partial charge >= 0.3 is 6.03 Å². The summed E-state index contributed by atoms with van der Waals surface area (Å²) in [6.07, 6.45) is 3.97. The molecule has 1 aromatic heterocycles. The maximum absolute atomic E-state index is 12.7. The molecule has 8 heteroatoms. The number of urea groups is 1. The molecule has 1 saturated heterocycles. The summed E-state index contributed by atoms with van der Waals surface area (Å²) in [5, 5.41) is 6.76. The molecule has 7 nitrogen and oxygen atoms in total. The molecule has 2 amide bonds. The molecule has 1 saturated carbocycles. The number of rotatable bonds is 5. The number of nitrogens with one attached hydrogen (secondary N) is 2. The third-order valence-corrected chi connectivity index (χ3v) is 8.29. The summed E-state index contributed by atoms with van der Waals surface area (Å²) < 4.78 is 12.1. The van der Waals surface area contributed by atoms with E-state index in [1.165, 1.54) is 16.9 Å². The van der Waals surface area contributed by atoms with Gasteiger partial charge < -0.3 is 19.7 Å². The van der Waals surface area contributed by atoms with Crippen molar-refractivity contribution < 1.29 is 14.3 Å². The number of fused-ring (bicyclic) bond motifs is 2. The van der Waals surface area contributed by atoms with Crippen LogP contribution in [0.2, 0.25) is 0 Å². The van der Waals surface area contributed by atoms with Gasteiger partial charge in [0.1, 0.15) is 0 Å². The summed E-state index contributed by atoms with van der Waals surface area (Å²) in [4.78, 5) is 19.7. The molecule has 1 aliphatic heterocycles. The summed E-state index contributed by atoms with van der Waals surface area (Å²) in [7, 11) is 5.54. The quantitative estimate of drug-likeness (QED) is 0.573. The normalized spacial score (nSPS) is 24.9. The van der Waals surface area contributed by atoms with Crippen molar-refractivity contribution in [2.45, 2.75) is 43.2 Å². The number of amides is 2. The zero-order valence-corrected chi connectivity index (χ0v) is 20.1. The molecule has 0 spiro atoms. The SMILES string of the molecule is COc1ccc(C23CCC(NC(=O)Nc4nc5ccccc5s4)CC2N(C)CC3)cc1OC. The fourth-order valence-electron chi connectivity index (χ4n) is 5.64. The molecular weight excluding hydrogens is 436 g/mol. The van der Waals surface area contributed by atoms with Crippen molar-refractivity contribution in [3.63, 3.8) is 0 Å². The average Bonchev–Trinajstić information content (AvgIpc) is 3.39. The molecule has 5 rings (SSSR count). The van der Waals surface area contributed by atoms with E-state index in [0.29, 0.717) is 11.2 Å². The van der Waals surface area contributed by atoms with Crippen LogP contribution in [0.25, 0.3) is 10.2 Å². The van der Waals surface area contributed by atoms with Gasteiger partial charge in [-0.2, -0.15) is 0 Å². The van der Waals surface area contributed by atoms with Gasteiger partial charge in [0.2, 0.25) is 0 Å². The highest BCUT2D eigenvalue weighted by molar-refractivity contribution is 7.22. The van der Waals surface area contributed by atoms with Gasteiger partial charge in [-0.3, -0.25) is 5.32 Å². The Bertz CT molecular complexity index is 1130. The second-order valence-corrected chi connectivity index (χ2v) is 10.1. The molecule has 3 atom stereocenters. The Morgan fingerprint density at radius 3 is 2.76 bits per heavy atom. The second-order valence-electron chi connectivity index (χ2n) is 9.03. The first-order valence-electron chi connectivity index (χ1n) is 11.4. The number of likely N-dealkylation sites (N-methyl/N-ethyl adjacent to an activating group) is 1. The number of ether oxygens (including phenoxy) is 2. The highest BCUT2D eigenvalue weighted by Crippen LogP contribution is 2.49. The van der Waals surface area contributed by atoms with Crippen LogP contribution in [0.15, 0.2) is 42.5 Å². The largest absolute Gasteiger partial charge is 0.493 e. The van der Waals surface area contributed by atoms with Gasteiger partial charge in [0, 0.05) is 17.5 Å². The van der Waals surface area contributed by atoms with Gasteiger partial charge in [0.05, 0.1) is 24.4 Å². The third-order valence-electron chi connectivity index (χ3n) is 7.34. The highest BCUT2D eigenvalue weighted by atomic mass is 32.1. The molecule has 2 fully saturated rings. The number of likely N-dealkylation sites (tertiary alicyclic amines) is 1. The number of hydrogen-bond donors (Lipinski definition) is 2. The molecule has 33 heavy (non-hydrogen) atoms. The molecule has 2 aromatic carbocycles. The Hall–Kier alpha value is -2.84. The lowest BCUT2D eigenvalue weighted by Gasteiger charge is -2.45. The van der Waals surface area contributed by atoms with E-state index in [1.807, 2.05) is 30.3 Å². The van der Waals surface area contributed by atoms with E-state index in [2.05, 4.69) is 39.7 Å². The van der Waals surface area contributed by atoms with Gasteiger partial charge in [0.15, 0.2) is 16.6 Å². The van der Waals surface area contributed by atoms with Gasteiger partial charge in [-0.1, -0.05) is 29.5 Å². The fourth-order valence-corrected chi connectivity index (χ4v) is 6.50. The lowest BCUT2D eigenvalue weighted by atomic mass is 9.65. The standard InChI is InChI=1S/C25H30N4O3S/c1-29-13-12-25(16-8-9-19(31-2)20(14-16)32-3)11-10-17(15-22(25)29)26-23(30)28-24-27-18-6-4-5-7-21(18)33-24/h4-9,14,17,22H,10-13,15H2,1-3H3,(H2,26,27,28,30). The molecule has 3 unspecified atom stereocenters. The van der Waals surface area contributed by atoms with Gasteiger partial charge in [-0.25, -0.2) is 9.78 Å². The minimum absolute atomic E-state index is 0.0655. The Morgan fingerprint density at radius 1 is 1.15 bits per heavy atom. The number of methoxy groups -OCH3 is 2. The van der Waals surface area contributed by atoms with Crippen molar-refractivity contribution in [1.82, 2.24) is 15.2 Å². The first-order valence-corrected chi connectivity index (χ1v) is 12.2. The molecule has 3 aromatic rings. The molecule has 2 aliphatic rings. The smallest absolute Gasteiger partial charge is 0.321 e. The van der Waals surface area contributed by atoms with Crippen molar-refractivity contribution in [3.8, 4) is 11.5 Å². The van der Waals surface area contributed by atoms with Crippen LogP contribution in [0.5, 0.6) is 11.5 Å². The first-order chi connectivity index (χ1) is 16.0. The zero-order valence-electron chi connectivity index (χ0n) is 19.3. The van der Waals surface area contributed by atoms with Crippen molar-refractivity contribution >= 4 is 32.7 Å². The number of benzene rings is 2. The summed E-state index contributed by atoms with van der Waals surface area (Å²) >= 11 is 1.49. The van der Waals surface area contributed by atoms with Gasteiger partial charge in [-0.15, -0.1) is 0 Å². The van der Waals surface area contributed by atoms with Crippen LogP contribution in [0.1, 0.15) is 31.2 Å². The number of aromatic nitrogens is 1. The number of nitrogens with zero attached hydrogens (tertiary/aromatic N) is 2. The van der Waals surface area contributed by atoms with E-state index < -0.39 is 0 Å². The van der Waals surface area contributed by atoms with Crippen molar-refractivity contribution in [3.05, 3.63) is 48.0 Å². The molecule has 0 radical (unpaired) electrons. The molecule has 174 valence electrons. The number of carbonyl (C=O) groups excluding carboxylic acids is 1. The number of thiazole rings is 1. The number of anilines is 1. The van der Waals surface area contributed by atoms with Crippen molar-refractivity contribution in [1.29, 1.82) is 0 Å². The van der Waals surface area contributed by atoms with Crippen LogP contribution in [-0.4, -0.2) is 55.8 Å². The van der Waals surface area contributed by atoms with E-state index in [1.54, 1.807) is 14.2 Å². The van der Waals surface area contributed by atoms with Crippen LogP contribution in [0.3, 0.4) is 0 Å². The third kappa shape index (κ3) is 4.02. The Morgan fingerprint density at radius 2 is 1.97 bits per heavy atom. The van der Waals surface area contributed by atoms with Crippen molar-refractivity contribution in [2.24, 2.45) is 0 Å². The molecule has 1 aliphatic carbocycles. The van der Waals surface area contributed by atoms with E-state index in [4.69, 9.17) is 9.47 Å². The van der Waals surface area contributed by atoms with Crippen LogP contribution in [0, 0.1) is 0 Å². The van der Waals surface area contributed by atoms with E-state index in [-0.39, 0.29) is 17.5 Å². The monoisotopic (exact) mass is 466 g/mol. The van der Waals surface area contributed by atoms with Gasteiger partial charge in [0.25, 0.3) is 0 Å². The van der Waals surface area contributed by atoms with Crippen molar-refractivity contribution in [2.75, 3.05) is 33.1 Å². The Kier molecular flexibility index (Phi) is 5.88. The number of para-hydroxylation sites is 1. The molecule has 2 heterocycles. The summed E-state index contributed by atoms with van der Waals surface area (Å²) in [6.45, 7) is 1.05. The van der Waals surface area contributed by atoms with E-state index in [9.17, 15) is 4.79 Å². The fraction of sp³-hybridized carbons (Fsp3) is 0.440. The lowest BCUT2D eigenvalue weighted by molar-refractivity contribution is 0.156. The number of carbonyl (C=O) groups is 1. The van der Waals surface area contributed by atoms with Crippen LogP contribution >= 0.6 is 11.3 Å². The maximum atomic E-state index is 12.7. The summed E-state index contributed by atoms with van der Waals surface area (Å²) in [5.41, 5.74) is 2.27. The summed E-state index contributed by atoms with van der Waals surface area (Å²) in [5.74, 6) is 1.52. The van der Waals surface area contributed by atoms with E-state index >= 15 is 0 Å². The predicted octanol–water partition coefficient (Wildman–Crippen LogP) is 4.63. The first kappa shape index (κ1) is 22.0. The van der Waals surface area contributed by atoms with Gasteiger partial charge in [-0.05, 0) is 69.1 Å². The Labute approximate surface area is 198 Å². The summed E-state index contributed by atoms with van der Waals surface area (Å²) in [6, 6.07) is 14.5. The Balaban J connectivity index is 1.29. The molecular formula is C25H30N4O3S. The van der Waals surface area contributed by atoms with Crippen LogP contribution < -0.4 is 20.1 Å². The minimum atomic E-state index is -0.182. The minimum Gasteiger partial charge on any atom is -0.493 e.